The number of halogens is 1. The average Bonchev–Trinajstić information content (AvgIpc) is 3.09. The molecule has 3 N–H and O–H groups in total. The first kappa shape index (κ1) is 33.2. The van der Waals surface area contributed by atoms with Crippen LogP contribution in [0.25, 0.3) is 22.3 Å². The summed E-state index contributed by atoms with van der Waals surface area (Å²) in [7, 11) is 1.49. The van der Waals surface area contributed by atoms with Gasteiger partial charge >= 0.3 is 0 Å². The van der Waals surface area contributed by atoms with E-state index < -0.39 is 0 Å². The van der Waals surface area contributed by atoms with Crippen molar-refractivity contribution >= 4 is 22.5 Å². The predicted molar refractivity (Wildman–Crippen MR) is 188 cm³/mol. The van der Waals surface area contributed by atoms with Gasteiger partial charge in [0.25, 0.3) is 5.56 Å². The number of aliphatic imine (C=N–C) groups is 1. The number of pyridine rings is 1. The van der Waals surface area contributed by atoms with Crippen molar-refractivity contribution in [2.75, 3.05) is 20.2 Å². The van der Waals surface area contributed by atoms with E-state index >= 15 is 0 Å². The van der Waals surface area contributed by atoms with Gasteiger partial charge < -0.3 is 20.6 Å². The van der Waals surface area contributed by atoms with E-state index in [2.05, 4.69) is 37.6 Å². The minimum Gasteiger partial charge on any atom is -0.497 e. The molecule has 10 nitrogen and oxygen atoms in total. The maximum absolute atomic E-state index is 14.8. The lowest BCUT2D eigenvalue weighted by Crippen LogP contribution is -2.68. The van der Waals surface area contributed by atoms with Gasteiger partial charge in [-0.3, -0.25) is 14.3 Å². The Kier molecular flexibility index (Phi) is 8.69. The summed E-state index contributed by atoms with van der Waals surface area (Å²) >= 11 is 0. The highest BCUT2D eigenvalue weighted by atomic mass is 19.1. The van der Waals surface area contributed by atoms with Gasteiger partial charge in [-0.1, -0.05) is 26.8 Å². The van der Waals surface area contributed by atoms with Gasteiger partial charge in [-0.2, -0.15) is 5.06 Å². The molecule has 0 radical (unpaired) electrons. The average molecular weight is 668 g/mol. The van der Waals surface area contributed by atoms with E-state index in [1.54, 1.807) is 53.4 Å². The molecular weight excluding hydrogens is 621 g/mol. The molecule has 3 aliphatic carbocycles. The minimum absolute atomic E-state index is 0.0222. The first-order chi connectivity index (χ1) is 23.5. The molecule has 4 fully saturated rings. The van der Waals surface area contributed by atoms with E-state index in [0.717, 1.165) is 12.3 Å². The topological polar surface area (TPSA) is 122 Å². The number of aryl methyl sites for hydroxylation is 1. The Balaban J connectivity index is 1.23. The van der Waals surface area contributed by atoms with Crippen molar-refractivity contribution in [2.45, 2.75) is 65.6 Å². The van der Waals surface area contributed by atoms with Crippen LogP contribution in [0, 0.1) is 34.9 Å². The van der Waals surface area contributed by atoms with Crippen molar-refractivity contribution in [3.63, 3.8) is 0 Å². The summed E-state index contributed by atoms with van der Waals surface area (Å²) in [6.07, 6.45) is 5.95. The quantitative estimate of drug-likeness (QED) is 0.185. The van der Waals surface area contributed by atoms with Crippen LogP contribution in [0.4, 0.5) is 10.1 Å². The van der Waals surface area contributed by atoms with Crippen LogP contribution in [0.15, 0.2) is 70.7 Å². The second-order valence-corrected chi connectivity index (χ2v) is 14.7. The lowest BCUT2D eigenvalue weighted by Gasteiger charge is -2.66. The van der Waals surface area contributed by atoms with Gasteiger partial charge in [0.1, 0.15) is 17.4 Å². The SMILES string of the molecule is COc1ccc(CCn2c(-c3cccnc3)nc3cc(N=C(N)N4CCN(O)[C@@H](C)[C@H]4C4C[C@@H](C)[C@@H]5C[C@H]4C5(C)C)ccc3c2=O)c(F)c1. The number of guanidine groups is 1. The zero-order chi connectivity index (χ0) is 34.6. The number of fused-ring (bicyclic) bond motifs is 3. The summed E-state index contributed by atoms with van der Waals surface area (Å²) in [6.45, 7) is 10.5. The first-order valence-corrected chi connectivity index (χ1v) is 17.3. The van der Waals surface area contributed by atoms with Crippen LogP contribution in [-0.2, 0) is 13.0 Å². The number of nitrogens with two attached hydrogens (primary N) is 1. The van der Waals surface area contributed by atoms with E-state index in [1.807, 2.05) is 6.07 Å². The standard InChI is InChI=1S/C38H46FN7O3/c1-22-17-29(31-20-30(22)38(31,3)4)34-23(2)46(48)16-15-44(34)37(40)42-26-9-11-28-33(18-26)43-35(25-7-6-13-41-21-25)45(36(28)47)14-12-24-8-10-27(49-5)19-32(24)39/h6-11,13,18-19,21-23,29-31,34,48H,12,14-17,20H2,1-5H3,(H2,40,42)/t22-,23+,29?,30+,31-,34+/m1/s1. The van der Waals surface area contributed by atoms with Crippen LogP contribution < -0.4 is 16.0 Å². The number of aromatic nitrogens is 3. The molecule has 2 aromatic carbocycles. The predicted octanol–water partition coefficient (Wildman–Crippen LogP) is 5.88. The number of ether oxygens (including phenoxy) is 1. The van der Waals surface area contributed by atoms with Crippen molar-refractivity contribution in [2.24, 2.45) is 39.8 Å². The molecule has 4 aromatic rings. The van der Waals surface area contributed by atoms with Crippen LogP contribution in [0.2, 0.25) is 0 Å². The van der Waals surface area contributed by atoms with Crippen LogP contribution >= 0.6 is 0 Å². The number of nitrogens with zero attached hydrogens (tertiary/aromatic N) is 6. The van der Waals surface area contributed by atoms with Gasteiger partial charge in [0.15, 0.2) is 5.96 Å². The van der Waals surface area contributed by atoms with Crippen molar-refractivity contribution in [1.82, 2.24) is 24.5 Å². The van der Waals surface area contributed by atoms with Gasteiger partial charge in [0.2, 0.25) is 0 Å². The molecule has 6 atom stereocenters. The summed E-state index contributed by atoms with van der Waals surface area (Å²) in [5.41, 5.74) is 9.09. The third-order valence-electron chi connectivity index (χ3n) is 11.9. The molecule has 258 valence electrons. The third kappa shape index (κ3) is 5.86. The fraction of sp³-hybridized carbons (Fsp3) is 0.474. The van der Waals surface area contributed by atoms with E-state index in [0.29, 0.717) is 76.1 Å². The molecule has 8 rings (SSSR count). The number of piperazine rings is 1. The molecule has 2 bridgehead atoms. The summed E-state index contributed by atoms with van der Waals surface area (Å²) in [5, 5.41) is 12.7. The van der Waals surface area contributed by atoms with Gasteiger partial charge in [-0.15, -0.1) is 0 Å². The highest BCUT2D eigenvalue weighted by Crippen LogP contribution is 2.64. The van der Waals surface area contributed by atoms with E-state index in [-0.39, 0.29) is 41.8 Å². The smallest absolute Gasteiger partial charge is 0.261 e. The molecule has 11 heteroatoms. The van der Waals surface area contributed by atoms with Gasteiger partial charge in [0.05, 0.1) is 35.8 Å². The maximum Gasteiger partial charge on any atom is 0.261 e. The monoisotopic (exact) mass is 667 g/mol. The molecule has 0 spiro atoms. The van der Waals surface area contributed by atoms with Crippen molar-refractivity contribution in [1.29, 1.82) is 0 Å². The highest BCUT2D eigenvalue weighted by molar-refractivity contribution is 5.86. The van der Waals surface area contributed by atoms with E-state index in [1.165, 1.54) is 24.7 Å². The van der Waals surface area contributed by atoms with Gasteiger partial charge in [-0.25, -0.2) is 14.4 Å². The Morgan fingerprint density at radius 2 is 1.94 bits per heavy atom. The van der Waals surface area contributed by atoms with Crippen molar-refractivity contribution < 1.29 is 14.3 Å². The normalized spacial score (nSPS) is 26.8. The van der Waals surface area contributed by atoms with Gasteiger partial charge in [-0.05, 0) is 97.2 Å². The molecule has 49 heavy (non-hydrogen) atoms. The molecule has 3 saturated carbocycles. The largest absolute Gasteiger partial charge is 0.497 e. The highest BCUT2D eigenvalue weighted by Gasteiger charge is 2.60. The fourth-order valence-corrected chi connectivity index (χ4v) is 9.17. The Morgan fingerprint density at radius 1 is 1.12 bits per heavy atom. The second kappa shape index (κ2) is 12.8. The lowest BCUT2D eigenvalue weighted by molar-refractivity contribution is -0.203. The molecular formula is C38H46FN7O3. The molecule has 2 aromatic heterocycles. The lowest BCUT2D eigenvalue weighted by atomic mass is 9.41. The summed E-state index contributed by atoms with van der Waals surface area (Å²) in [4.78, 5) is 30.3. The molecule has 3 heterocycles. The van der Waals surface area contributed by atoms with E-state index in [9.17, 15) is 14.4 Å². The summed E-state index contributed by atoms with van der Waals surface area (Å²) < 4.78 is 21.5. The summed E-state index contributed by atoms with van der Waals surface area (Å²) in [5.74, 6) is 3.21. The minimum atomic E-state index is -0.389. The van der Waals surface area contributed by atoms with Crippen LogP contribution in [0.1, 0.15) is 46.1 Å². The maximum atomic E-state index is 14.8. The molecule has 0 amide bonds. The Labute approximate surface area is 286 Å². The second-order valence-electron chi connectivity index (χ2n) is 14.7. The van der Waals surface area contributed by atoms with Crippen molar-refractivity contribution in [3.8, 4) is 17.1 Å². The Hall–Kier alpha value is -4.35. The first-order valence-electron chi connectivity index (χ1n) is 17.3. The molecule has 1 saturated heterocycles. The zero-order valence-corrected chi connectivity index (χ0v) is 28.9. The molecule has 1 aliphatic heterocycles. The zero-order valence-electron chi connectivity index (χ0n) is 28.9. The fourth-order valence-electron chi connectivity index (χ4n) is 9.17. The van der Waals surface area contributed by atoms with Crippen LogP contribution in [0.5, 0.6) is 5.75 Å². The summed E-state index contributed by atoms with van der Waals surface area (Å²) in [6, 6.07) is 13.6. The van der Waals surface area contributed by atoms with Crippen LogP contribution in [0.3, 0.4) is 0 Å². The van der Waals surface area contributed by atoms with Crippen molar-refractivity contribution in [3.05, 3.63) is 82.7 Å². The molecule has 4 aliphatic rings. The van der Waals surface area contributed by atoms with Crippen LogP contribution in [-0.4, -0.2) is 67.9 Å². The molecule has 1 unspecified atom stereocenters. The number of methoxy groups -OCH3 is 1. The number of rotatable bonds is 7. The number of hydroxylamine groups is 2. The number of hydrogen-bond acceptors (Lipinski definition) is 7. The van der Waals surface area contributed by atoms with E-state index in [4.69, 9.17) is 20.4 Å². The third-order valence-corrected chi connectivity index (χ3v) is 11.9. The Morgan fingerprint density at radius 3 is 2.63 bits per heavy atom. The number of benzene rings is 2. The van der Waals surface area contributed by atoms with Gasteiger partial charge in [0, 0.05) is 43.7 Å². The number of hydrogen-bond donors (Lipinski definition) is 2. The Bertz CT molecular complexity index is 1950.